The van der Waals surface area contributed by atoms with Gasteiger partial charge >= 0.3 is 0 Å². The van der Waals surface area contributed by atoms with Gasteiger partial charge in [0.25, 0.3) is 0 Å². The molecule has 3 N–H and O–H groups in total. The summed E-state index contributed by atoms with van der Waals surface area (Å²) in [5.74, 6) is 5.69. The maximum Gasteiger partial charge on any atom is 0.0880 e. The van der Waals surface area contributed by atoms with Crippen LogP contribution in [-0.4, -0.2) is 9.78 Å². The minimum absolute atomic E-state index is 0.0256. The van der Waals surface area contributed by atoms with Gasteiger partial charge in [-0.25, -0.2) is 5.43 Å². The molecule has 90 valence electrons. The third-order valence-electron chi connectivity index (χ3n) is 3.28. The fraction of sp³-hybridized carbons (Fsp3) is 0.308. The van der Waals surface area contributed by atoms with Crippen LogP contribution in [0.4, 0.5) is 0 Å². The monoisotopic (exact) mass is 230 g/mol. The third-order valence-corrected chi connectivity index (χ3v) is 3.28. The van der Waals surface area contributed by atoms with Crippen LogP contribution in [0, 0.1) is 13.8 Å². The van der Waals surface area contributed by atoms with Gasteiger partial charge < -0.3 is 0 Å². The molecule has 0 saturated heterocycles. The van der Waals surface area contributed by atoms with Crippen molar-refractivity contribution >= 4 is 0 Å². The van der Waals surface area contributed by atoms with Crippen LogP contribution in [-0.2, 0) is 7.05 Å². The normalized spacial score (nSPS) is 12.7. The van der Waals surface area contributed by atoms with E-state index in [1.54, 1.807) is 6.20 Å². The molecule has 0 bridgehead atoms. The molecule has 1 aromatic heterocycles. The van der Waals surface area contributed by atoms with Gasteiger partial charge in [0.05, 0.1) is 11.7 Å². The van der Waals surface area contributed by atoms with E-state index in [-0.39, 0.29) is 6.04 Å². The van der Waals surface area contributed by atoms with E-state index in [1.807, 2.05) is 17.8 Å². The summed E-state index contributed by atoms with van der Waals surface area (Å²) in [6.45, 7) is 4.22. The highest BCUT2D eigenvalue weighted by Gasteiger charge is 2.17. The lowest BCUT2D eigenvalue weighted by Gasteiger charge is -2.19. The molecular weight excluding hydrogens is 212 g/mol. The Hall–Kier alpha value is -1.65. The summed E-state index contributed by atoms with van der Waals surface area (Å²) < 4.78 is 1.84. The number of hydrogen-bond donors (Lipinski definition) is 2. The number of benzene rings is 1. The number of rotatable bonds is 3. The van der Waals surface area contributed by atoms with Crippen LogP contribution in [0.15, 0.2) is 30.5 Å². The Morgan fingerprint density at radius 2 is 2.06 bits per heavy atom. The molecule has 0 aliphatic carbocycles. The first-order chi connectivity index (χ1) is 8.15. The molecule has 1 aromatic carbocycles. The maximum atomic E-state index is 5.69. The van der Waals surface area contributed by atoms with E-state index in [9.17, 15) is 0 Å². The summed E-state index contributed by atoms with van der Waals surface area (Å²) in [7, 11) is 1.92. The maximum absolute atomic E-state index is 5.69. The fourth-order valence-corrected chi connectivity index (χ4v) is 2.09. The minimum Gasteiger partial charge on any atom is -0.271 e. The standard InChI is InChI=1S/C13H18N4/c1-9-5-4-6-11(10(9)2)13(16-14)12-7-8-15-17(12)3/h4-8,13,16H,14H2,1-3H3. The van der Waals surface area contributed by atoms with Crippen molar-refractivity contribution in [2.75, 3.05) is 0 Å². The Morgan fingerprint density at radius 1 is 1.29 bits per heavy atom. The number of hydrazine groups is 1. The molecule has 0 spiro atoms. The first kappa shape index (κ1) is 11.8. The van der Waals surface area contributed by atoms with Crippen molar-refractivity contribution in [3.05, 3.63) is 52.8 Å². The Labute approximate surface area is 101 Å². The molecule has 0 aliphatic rings. The van der Waals surface area contributed by atoms with Crippen molar-refractivity contribution < 1.29 is 0 Å². The van der Waals surface area contributed by atoms with Crippen molar-refractivity contribution in [2.45, 2.75) is 19.9 Å². The summed E-state index contributed by atoms with van der Waals surface area (Å²) >= 11 is 0. The number of hydrogen-bond acceptors (Lipinski definition) is 3. The summed E-state index contributed by atoms with van der Waals surface area (Å²) in [5, 5.41) is 4.18. The van der Waals surface area contributed by atoms with Gasteiger partial charge in [-0.1, -0.05) is 18.2 Å². The van der Waals surface area contributed by atoms with Gasteiger partial charge in [-0.15, -0.1) is 0 Å². The summed E-state index contributed by atoms with van der Waals surface area (Å²) in [4.78, 5) is 0. The molecule has 1 atom stereocenters. The quantitative estimate of drug-likeness (QED) is 0.622. The molecule has 2 rings (SSSR count). The Morgan fingerprint density at radius 3 is 2.65 bits per heavy atom. The van der Waals surface area contributed by atoms with Crippen LogP contribution in [0.3, 0.4) is 0 Å². The predicted octanol–water partition coefficient (Wildman–Crippen LogP) is 1.59. The average Bonchev–Trinajstić information content (AvgIpc) is 2.72. The molecule has 4 heteroatoms. The van der Waals surface area contributed by atoms with Gasteiger partial charge in [0.1, 0.15) is 0 Å². The van der Waals surface area contributed by atoms with Crippen molar-refractivity contribution in [3.8, 4) is 0 Å². The van der Waals surface area contributed by atoms with Crippen LogP contribution < -0.4 is 11.3 Å². The molecule has 0 fully saturated rings. The van der Waals surface area contributed by atoms with E-state index in [0.717, 1.165) is 5.69 Å². The van der Waals surface area contributed by atoms with E-state index in [0.29, 0.717) is 0 Å². The van der Waals surface area contributed by atoms with Crippen LogP contribution in [0.25, 0.3) is 0 Å². The second-order valence-corrected chi connectivity index (χ2v) is 4.27. The smallest absolute Gasteiger partial charge is 0.0880 e. The van der Waals surface area contributed by atoms with E-state index in [1.165, 1.54) is 16.7 Å². The molecule has 1 unspecified atom stereocenters. The van der Waals surface area contributed by atoms with E-state index < -0.39 is 0 Å². The highest BCUT2D eigenvalue weighted by Crippen LogP contribution is 2.25. The molecule has 0 amide bonds. The molecule has 0 radical (unpaired) electrons. The predicted molar refractivity (Wildman–Crippen MR) is 68.3 cm³/mol. The number of aryl methyl sites for hydroxylation is 2. The summed E-state index contributed by atoms with van der Waals surface area (Å²) in [6, 6.07) is 8.21. The minimum atomic E-state index is -0.0256. The van der Waals surface area contributed by atoms with Crippen molar-refractivity contribution in [1.82, 2.24) is 15.2 Å². The Bertz CT molecular complexity index is 516. The van der Waals surface area contributed by atoms with Gasteiger partial charge in [-0.2, -0.15) is 5.10 Å². The van der Waals surface area contributed by atoms with Gasteiger partial charge in [0.2, 0.25) is 0 Å². The third kappa shape index (κ3) is 2.09. The van der Waals surface area contributed by atoms with E-state index in [2.05, 4.69) is 42.6 Å². The van der Waals surface area contributed by atoms with Gasteiger partial charge in [-0.05, 0) is 36.6 Å². The van der Waals surface area contributed by atoms with Gasteiger partial charge in [0.15, 0.2) is 0 Å². The lowest BCUT2D eigenvalue weighted by Crippen LogP contribution is -2.31. The largest absolute Gasteiger partial charge is 0.271 e. The number of nitrogens with one attached hydrogen (secondary N) is 1. The SMILES string of the molecule is Cc1cccc(C(NN)c2ccnn2C)c1C. The average molecular weight is 230 g/mol. The van der Waals surface area contributed by atoms with Crippen LogP contribution >= 0.6 is 0 Å². The summed E-state index contributed by atoms with van der Waals surface area (Å²) in [5.41, 5.74) is 7.65. The van der Waals surface area contributed by atoms with Crippen molar-refractivity contribution in [3.63, 3.8) is 0 Å². The highest BCUT2D eigenvalue weighted by molar-refractivity contribution is 5.38. The second kappa shape index (κ2) is 4.69. The lowest BCUT2D eigenvalue weighted by atomic mass is 9.96. The van der Waals surface area contributed by atoms with Crippen molar-refractivity contribution in [2.24, 2.45) is 12.9 Å². The van der Waals surface area contributed by atoms with Crippen LogP contribution in [0.5, 0.6) is 0 Å². The van der Waals surface area contributed by atoms with Gasteiger partial charge in [0, 0.05) is 13.2 Å². The zero-order valence-corrected chi connectivity index (χ0v) is 10.4. The van der Waals surface area contributed by atoms with Crippen LogP contribution in [0.1, 0.15) is 28.4 Å². The first-order valence-electron chi connectivity index (χ1n) is 5.65. The number of aromatic nitrogens is 2. The van der Waals surface area contributed by atoms with E-state index >= 15 is 0 Å². The zero-order chi connectivity index (χ0) is 12.4. The Kier molecular flexibility index (Phi) is 3.26. The molecular formula is C13H18N4. The number of nitrogens with two attached hydrogens (primary N) is 1. The first-order valence-corrected chi connectivity index (χ1v) is 5.65. The Balaban J connectivity index is 2.50. The lowest BCUT2D eigenvalue weighted by molar-refractivity contribution is 0.572. The van der Waals surface area contributed by atoms with Crippen molar-refractivity contribution in [1.29, 1.82) is 0 Å². The van der Waals surface area contributed by atoms with Crippen LogP contribution in [0.2, 0.25) is 0 Å². The zero-order valence-electron chi connectivity index (χ0n) is 10.4. The molecule has 4 nitrogen and oxygen atoms in total. The second-order valence-electron chi connectivity index (χ2n) is 4.27. The molecule has 0 saturated carbocycles. The molecule has 2 aromatic rings. The fourth-order valence-electron chi connectivity index (χ4n) is 2.09. The summed E-state index contributed by atoms with van der Waals surface area (Å²) in [6.07, 6.45) is 1.78. The molecule has 17 heavy (non-hydrogen) atoms. The number of nitrogens with zero attached hydrogens (tertiary/aromatic N) is 2. The molecule has 0 aliphatic heterocycles. The molecule has 1 heterocycles. The van der Waals surface area contributed by atoms with E-state index in [4.69, 9.17) is 5.84 Å². The van der Waals surface area contributed by atoms with Gasteiger partial charge in [-0.3, -0.25) is 10.5 Å². The highest BCUT2D eigenvalue weighted by atomic mass is 15.3. The topological polar surface area (TPSA) is 55.9 Å².